The van der Waals surface area contributed by atoms with Crippen molar-refractivity contribution in [3.05, 3.63) is 0 Å². The summed E-state index contributed by atoms with van der Waals surface area (Å²) in [6.07, 6.45) is 25.0. The first-order valence-corrected chi connectivity index (χ1v) is 13.0. The molecule has 0 aliphatic rings. The van der Waals surface area contributed by atoms with Crippen molar-refractivity contribution in [2.75, 3.05) is 13.1 Å². The highest BCUT2D eigenvalue weighted by atomic mass is 35.5. The normalized spacial score (nSPS) is 13.8. The van der Waals surface area contributed by atoms with Crippen LogP contribution in [0, 0.1) is 5.92 Å². The molecule has 0 rings (SSSR count). The van der Waals surface area contributed by atoms with Crippen LogP contribution >= 0.6 is 11.6 Å². The maximum absolute atomic E-state index is 6.48. The molecule has 0 saturated heterocycles. The molecule has 2 heteroatoms. The topological polar surface area (TPSA) is 12.0 Å². The van der Waals surface area contributed by atoms with E-state index in [9.17, 15) is 0 Å². The molecule has 1 N–H and O–H groups in total. The predicted molar refractivity (Wildman–Crippen MR) is 126 cm³/mol. The van der Waals surface area contributed by atoms with Crippen molar-refractivity contribution in [2.45, 2.75) is 142 Å². The van der Waals surface area contributed by atoms with Gasteiger partial charge in [0.1, 0.15) is 0 Å². The lowest BCUT2D eigenvalue weighted by Gasteiger charge is -2.15. The molecule has 0 aliphatic heterocycles. The Morgan fingerprint density at radius 1 is 0.556 bits per heavy atom. The highest BCUT2D eigenvalue weighted by Gasteiger charge is 2.06. The summed E-state index contributed by atoms with van der Waals surface area (Å²) in [6.45, 7) is 9.08. The van der Waals surface area contributed by atoms with Gasteiger partial charge < -0.3 is 5.32 Å². The SMILES string of the molecule is CCCCCCCCCCC(C)CNCC(Cl)CCCCCCCCCC. The number of alkyl halides is 1. The molecule has 2 unspecified atom stereocenters. The molecule has 0 saturated carbocycles. The minimum absolute atomic E-state index is 0.320. The van der Waals surface area contributed by atoms with Gasteiger partial charge >= 0.3 is 0 Å². The zero-order chi connectivity index (χ0) is 20.0. The summed E-state index contributed by atoms with van der Waals surface area (Å²) in [6, 6.07) is 0. The predicted octanol–water partition coefficient (Wildman–Crippen LogP) is 8.88. The van der Waals surface area contributed by atoms with Crippen LogP contribution in [0.4, 0.5) is 0 Å². The molecule has 0 aromatic carbocycles. The van der Waals surface area contributed by atoms with Gasteiger partial charge in [0.15, 0.2) is 0 Å². The number of rotatable bonds is 22. The maximum Gasteiger partial charge on any atom is 0.0460 e. The van der Waals surface area contributed by atoms with Gasteiger partial charge in [0.05, 0.1) is 0 Å². The molecule has 0 aliphatic carbocycles. The zero-order valence-electron chi connectivity index (χ0n) is 19.2. The standard InChI is InChI=1S/C25H52ClN/c1-4-6-8-10-12-14-16-18-20-24(3)22-27-23-25(26)21-19-17-15-13-11-9-7-5-2/h24-25,27H,4-23H2,1-3H3. The van der Waals surface area contributed by atoms with Gasteiger partial charge in [-0.3, -0.25) is 0 Å². The number of hydrogen-bond donors (Lipinski definition) is 1. The zero-order valence-corrected chi connectivity index (χ0v) is 19.9. The van der Waals surface area contributed by atoms with Crippen LogP contribution in [0.3, 0.4) is 0 Å². The van der Waals surface area contributed by atoms with Crippen molar-refractivity contribution in [2.24, 2.45) is 5.92 Å². The highest BCUT2D eigenvalue weighted by Crippen LogP contribution is 2.14. The number of nitrogens with one attached hydrogen (secondary N) is 1. The van der Waals surface area contributed by atoms with Crippen LogP contribution in [0.15, 0.2) is 0 Å². The van der Waals surface area contributed by atoms with Crippen LogP contribution in [0.25, 0.3) is 0 Å². The third-order valence-corrected chi connectivity index (χ3v) is 6.15. The summed E-state index contributed by atoms with van der Waals surface area (Å²) in [4.78, 5) is 0. The van der Waals surface area contributed by atoms with Gasteiger partial charge in [0.2, 0.25) is 0 Å². The van der Waals surface area contributed by atoms with E-state index in [1.165, 1.54) is 116 Å². The lowest BCUT2D eigenvalue weighted by atomic mass is 10.0. The molecule has 0 spiro atoms. The van der Waals surface area contributed by atoms with E-state index in [0.29, 0.717) is 5.38 Å². The molecular formula is C25H52ClN. The molecule has 2 atom stereocenters. The van der Waals surface area contributed by atoms with Crippen molar-refractivity contribution < 1.29 is 0 Å². The van der Waals surface area contributed by atoms with Gasteiger partial charge in [-0.25, -0.2) is 0 Å². The first-order valence-electron chi connectivity index (χ1n) is 12.5. The fourth-order valence-corrected chi connectivity index (χ4v) is 4.08. The van der Waals surface area contributed by atoms with Gasteiger partial charge in [0, 0.05) is 11.9 Å². The van der Waals surface area contributed by atoms with E-state index in [-0.39, 0.29) is 0 Å². The Hall–Kier alpha value is 0.250. The molecule has 0 radical (unpaired) electrons. The lowest BCUT2D eigenvalue weighted by Crippen LogP contribution is -2.27. The van der Waals surface area contributed by atoms with Gasteiger partial charge in [-0.1, -0.05) is 124 Å². The average molecular weight is 402 g/mol. The molecule has 0 aromatic rings. The summed E-state index contributed by atoms with van der Waals surface area (Å²) in [5.74, 6) is 0.789. The number of halogens is 1. The Kier molecular flexibility index (Phi) is 22.7. The monoisotopic (exact) mass is 401 g/mol. The molecule has 0 bridgehead atoms. The molecule has 27 heavy (non-hydrogen) atoms. The average Bonchev–Trinajstić information content (AvgIpc) is 2.66. The van der Waals surface area contributed by atoms with Crippen molar-refractivity contribution in [3.63, 3.8) is 0 Å². The van der Waals surface area contributed by atoms with Crippen LogP contribution in [-0.2, 0) is 0 Å². The second kappa shape index (κ2) is 22.5. The Balaban J connectivity index is 3.29. The second-order valence-corrected chi connectivity index (χ2v) is 9.51. The van der Waals surface area contributed by atoms with Crippen molar-refractivity contribution in [3.8, 4) is 0 Å². The fraction of sp³-hybridized carbons (Fsp3) is 1.00. The van der Waals surface area contributed by atoms with E-state index in [4.69, 9.17) is 11.6 Å². The second-order valence-electron chi connectivity index (χ2n) is 8.89. The molecule has 0 heterocycles. The van der Waals surface area contributed by atoms with Crippen LogP contribution in [0.1, 0.15) is 136 Å². The summed E-state index contributed by atoms with van der Waals surface area (Å²) < 4.78 is 0. The summed E-state index contributed by atoms with van der Waals surface area (Å²) in [5, 5.41) is 3.92. The molecule has 0 fully saturated rings. The summed E-state index contributed by atoms with van der Waals surface area (Å²) in [7, 11) is 0. The number of hydrogen-bond acceptors (Lipinski definition) is 1. The van der Waals surface area contributed by atoms with E-state index in [2.05, 4.69) is 26.1 Å². The quantitative estimate of drug-likeness (QED) is 0.141. The van der Waals surface area contributed by atoms with Gasteiger partial charge in [-0.2, -0.15) is 0 Å². The lowest BCUT2D eigenvalue weighted by molar-refractivity contribution is 0.445. The highest BCUT2D eigenvalue weighted by molar-refractivity contribution is 6.20. The maximum atomic E-state index is 6.48. The fourth-order valence-electron chi connectivity index (χ4n) is 3.82. The van der Waals surface area contributed by atoms with E-state index < -0.39 is 0 Å². The minimum atomic E-state index is 0.320. The smallest absolute Gasteiger partial charge is 0.0460 e. The molecule has 1 nitrogen and oxygen atoms in total. The van der Waals surface area contributed by atoms with Crippen LogP contribution in [0.2, 0.25) is 0 Å². The van der Waals surface area contributed by atoms with Crippen LogP contribution < -0.4 is 5.32 Å². The van der Waals surface area contributed by atoms with Crippen LogP contribution in [-0.4, -0.2) is 18.5 Å². The molecular weight excluding hydrogens is 350 g/mol. The largest absolute Gasteiger partial charge is 0.315 e. The van der Waals surface area contributed by atoms with Crippen molar-refractivity contribution in [1.82, 2.24) is 5.32 Å². The summed E-state index contributed by atoms with van der Waals surface area (Å²) >= 11 is 6.48. The minimum Gasteiger partial charge on any atom is -0.315 e. The number of unbranched alkanes of at least 4 members (excludes halogenated alkanes) is 14. The van der Waals surface area contributed by atoms with E-state index in [1.54, 1.807) is 0 Å². The Bertz CT molecular complexity index is 243. The van der Waals surface area contributed by atoms with Crippen molar-refractivity contribution in [1.29, 1.82) is 0 Å². The van der Waals surface area contributed by atoms with Gasteiger partial charge in [-0.15, -0.1) is 11.6 Å². The van der Waals surface area contributed by atoms with Crippen LogP contribution in [0.5, 0.6) is 0 Å². The van der Waals surface area contributed by atoms with Gasteiger partial charge in [-0.05, 0) is 25.3 Å². The first-order chi connectivity index (χ1) is 13.2. The Labute approximate surface area is 177 Å². The van der Waals surface area contributed by atoms with E-state index >= 15 is 0 Å². The van der Waals surface area contributed by atoms with E-state index in [1.807, 2.05) is 0 Å². The van der Waals surface area contributed by atoms with Gasteiger partial charge in [0.25, 0.3) is 0 Å². The third-order valence-electron chi connectivity index (χ3n) is 5.78. The third kappa shape index (κ3) is 22.4. The molecule has 0 aromatic heterocycles. The molecule has 164 valence electrons. The van der Waals surface area contributed by atoms with Crippen molar-refractivity contribution >= 4 is 11.6 Å². The first kappa shape index (κ1) is 27.2. The Morgan fingerprint density at radius 3 is 1.44 bits per heavy atom. The Morgan fingerprint density at radius 2 is 0.963 bits per heavy atom. The summed E-state index contributed by atoms with van der Waals surface area (Å²) in [5.41, 5.74) is 0. The van der Waals surface area contributed by atoms with E-state index in [0.717, 1.165) is 19.0 Å². The molecule has 0 amide bonds.